The van der Waals surface area contributed by atoms with E-state index in [4.69, 9.17) is 46.4 Å². The molecule has 0 saturated carbocycles. The summed E-state index contributed by atoms with van der Waals surface area (Å²) in [4.78, 5) is 27.8. The number of amides is 2. The lowest BCUT2D eigenvalue weighted by Gasteiger charge is -2.33. The number of nitrogens with one attached hydrogen (secondary N) is 1. The minimum Gasteiger partial charge on any atom is -0.350 e. The van der Waals surface area contributed by atoms with Gasteiger partial charge in [-0.15, -0.1) is 0 Å². The summed E-state index contributed by atoms with van der Waals surface area (Å²) in [5.41, 5.74) is -0.0181. The molecule has 35 heavy (non-hydrogen) atoms. The number of halogens is 4. The summed E-state index contributed by atoms with van der Waals surface area (Å²) < 4.78 is 26.1. The van der Waals surface area contributed by atoms with Crippen LogP contribution in [0, 0.1) is 0 Å². The Balaban J connectivity index is 2.50. The summed E-state index contributed by atoms with van der Waals surface area (Å²) in [5.74, 6) is -1.08. The Kier molecular flexibility index (Phi) is 9.75. The van der Waals surface area contributed by atoms with E-state index in [0.717, 1.165) is 10.6 Å². The van der Waals surface area contributed by atoms with Crippen molar-refractivity contribution in [3.8, 4) is 0 Å². The zero-order chi connectivity index (χ0) is 26.7. The Hall–Kier alpha value is -1.71. The smallest absolute Gasteiger partial charge is 0.244 e. The summed E-state index contributed by atoms with van der Waals surface area (Å²) in [7, 11) is -3.93. The molecular weight excluding hydrogens is 556 g/mol. The van der Waals surface area contributed by atoms with Crippen molar-refractivity contribution in [1.82, 2.24) is 10.2 Å². The van der Waals surface area contributed by atoms with Gasteiger partial charge in [-0.1, -0.05) is 52.5 Å². The molecule has 2 aromatic rings. The van der Waals surface area contributed by atoms with Gasteiger partial charge >= 0.3 is 0 Å². The van der Waals surface area contributed by atoms with Gasteiger partial charge in [0.05, 0.1) is 11.9 Å². The number of benzene rings is 2. The molecule has 0 fully saturated rings. The van der Waals surface area contributed by atoms with Gasteiger partial charge in [0.2, 0.25) is 21.8 Å². The molecule has 192 valence electrons. The SMILES string of the molecule is CC(C(=O)NC(C)(C)C)N(Cc1c(Cl)cccc1Cl)C(=O)CN(c1cc(Cl)cc(Cl)c1)S(C)(=O)=O. The van der Waals surface area contributed by atoms with E-state index in [9.17, 15) is 18.0 Å². The number of carbonyl (C=O) groups excluding carboxylic acids is 2. The first-order valence-corrected chi connectivity index (χ1v) is 13.8. The van der Waals surface area contributed by atoms with Gasteiger partial charge in [-0.2, -0.15) is 0 Å². The van der Waals surface area contributed by atoms with Gasteiger partial charge in [0, 0.05) is 37.7 Å². The highest BCUT2D eigenvalue weighted by molar-refractivity contribution is 7.92. The van der Waals surface area contributed by atoms with Crippen LogP contribution in [0.4, 0.5) is 5.69 Å². The quantitative estimate of drug-likeness (QED) is 0.451. The Morgan fingerprint density at radius 1 is 1.00 bits per heavy atom. The molecule has 0 aliphatic carbocycles. The number of sulfonamides is 1. The van der Waals surface area contributed by atoms with Crippen LogP contribution < -0.4 is 9.62 Å². The number of hydrogen-bond donors (Lipinski definition) is 1. The van der Waals surface area contributed by atoms with Crippen molar-refractivity contribution in [2.45, 2.75) is 45.8 Å². The normalized spacial score (nSPS) is 12.7. The van der Waals surface area contributed by atoms with Crippen LogP contribution >= 0.6 is 46.4 Å². The third-order valence-electron chi connectivity index (χ3n) is 4.87. The molecule has 0 bridgehead atoms. The minimum absolute atomic E-state index is 0.112. The highest BCUT2D eigenvalue weighted by atomic mass is 35.5. The van der Waals surface area contributed by atoms with Crippen molar-refractivity contribution in [2.75, 3.05) is 17.1 Å². The van der Waals surface area contributed by atoms with Crippen molar-refractivity contribution in [2.24, 2.45) is 0 Å². The molecule has 7 nitrogen and oxygen atoms in total. The van der Waals surface area contributed by atoms with Crippen LogP contribution in [0.1, 0.15) is 33.3 Å². The molecule has 1 N–H and O–H groups in total. The molecule has 0 aliphatic heterocycles. The van der Waals surface area contributed by atoms with Crippen LogP contribution in [0.2, 0.25) is 20.1 Å². The third-order valence-corrected chi connectivity index (χ3v) is 7.16. The van der Waals surface area contributed by atoms with Crippen molar-refractivity contribution in [1.29, 1.82) is 0 Å². The molecule has 0 aromatic heterocycles. The lowest BCUT2D eigenvalue weighted by Crippen LogP contribution is -2.54. The number of rotatable bonds is 8. The molecule has 2 rings (SSSR count). The number of anilines is 1. The number of nitrogens with zero attached hydrogens (tertiary/aromatic N) is 2. The van der Waals surface area contributed by atoms with Crippen molar-refractivity contribution in [3.63, 3.8) is 0 Å². The zero-order valence-corrected chi connectivity index (χ0v) is 23.7. The van der Waals surface area contributed by atoms with Gasteiger partial charge in [-0.25, -0.2) is 8.42 Å². The predicted molar refractivity (Wildman–Crippen MR) is 143 cm³/mol. The van der Waals surface area contributed by atoms with Crippen molar-refractivity contribution < 1.29 is 18.0 Å². The molecule has 2 amide bonds. The molecule has 0 spiro atoms. The van der Waals surface area contributed by atoms with Gasteiger partial charge < -0.3 is 10.2 Å². The van der Waals surface area contributed by atoms with E-state index in [2.05, 4.69) is 5.32 Å². The summed E-state index contributed by atoms with van der Waals surface area (Å²) in [6.45, 7) is 6.24. The van der Waals surface area contributed by atoms with Crippen molar-refractivity contribution >= 4 is 73.9 Å². The van der Waals surface area contributed by atoms with Gasteiger partial charge in [-0.05, 0) is 58.0 Å². The van der Waals surface area contributed by atoms with E-state index in [-0.39, 0.29) is 22.3 Å². The Morgan fingerprint density at radius 2 is 1.51 bits per heavy atom. The fraction of sp³-hybridized carbons (Fsp3) is 0.391. The van der Waals surface area contributed by atoms with Gasteiger partial charge in [-0.3, -0.25) is 13.9 Å². The highest BCUT2D eigenvalue weighted by Gasteiger charge is 2.32. The lowest BCUT2D eigenvalue weighted by molar-refractivity contribution is -0.140. The number of hydrogen-bond acceptors (Lipinski definition) is 4. The Morgan fingerprint density at radius 3 is 1.97 bits per heavy atom. The Bertz CT molecular complexity index is 1180. The fourth-order valence-corrected chi connectivity index (χ4v) is 5.07. The molecule has 0 saturated heterocycles. The molecule has 2 aromatic carbocycles. The molecule has 0 heterocycles. The molecule has 1 atom stereocenters. The van der Waals surface area contributed by atoms with E-state index in [1.807, 2.05) is 20.8 Å². The zero-order valence-electron chi connectivity index (χ0n) is 19.9. The molecule has 12 heteroatoms. The van der Waals surface area contributed by atoms with Gasteiger partial charge in [0.25, 0.3) is 0 Å². The average Bonchev–Trinajstić information content (AvgIpc) is 2.68. The topological polar surface area (TPSA) is 86.8 Å². The fourth-order valence-electron chi connectivity index (χ4n) is 3.21. The first kappa shape index (κ1) is 29.5. The van der Waals surface area contributed by atoms with Gasteiger partial charge in [0.15, 0.2) is 0 Å². The summed E-state index contributed by atoms with van der Waals surface area (Å²) in [6.07, 6.45) is 0.958. The van der Waals surface area contributed by atoms with Gasteiger partial charge in [0.1, 0.15) is 12.6 Å². The second-order valence-electron chi connectivity index (χ2n) is 9.03. The standard InChI is InChI=1S/C23H27Cl4N3O4S/c1-14(22(32)28-23(2,3)4)29(12-18-19(26)7-6-8-20(18)27)21(31)13-30(35(5,33)34)17-10-15(24)9-16(25)11-17/h6-11,14H,12-13H2,1-5H3,(H,28,32). The van der Waals surface area contributed by atoms with E-state index < -0.39 is 40.0 Å². The van der Waals surface area contributed by atoms with Crippen LogP contribution in [0.25, 0.3) is 0 Å². The molecule has 0 aliphatic rings. The summed E-state index contributed by atoms with van der Waals surface area (Å²) >= 11 is 24.7. The average molecular weight is 583 g/mol. The summed E-state index contributed by atoms with van der Waals surface area (Å²) in [6, 6.07) is 8.12. The second-order valence-corrected chi connectivity index (χ2v) is 12.6. The lowest BCUT2D eigenvalue weighted by atomic mass is 10.1. The van der Waals surface area contributed by atoms with E-state index in [1.54, 1.807) is 25.1 Å². The molecule has 1 unspecified atom stereocenters. The van der Waals surface area contributed by atoms with Crippen LogP contribution in [0.5, 0.6) is 0 Å². The first-order valence-electron chi connectivity index (χ1n) is 10.5. The molecule has 0 radical (unpaired) electrons. The largest absolute Gasteiger partial charge is 0.350 e. The predicted octanol–water partition coefficient (Wildman–Crippen LogP) is 5.40. The monoisotopic (exact) mass is 581 g/mol. The highest BCUT2D eigenvalue weighted by Crippen LogP contribution is 2.29. The first-order chi connectivity index (χ1) is 16.0. The maximum absolute atomic E-state index is 13.6. The summed E-state index contributed by atoms with van der Waals surface area (Å²) in [5, 5.41) is 3.85. The molecular formula is C23H27Cl4N3O4S. The minimum atomic E-state index is -3.93. The van der Waals surface area contributed by atoms with E-state index >= 15 is 0 Å². The van der Waals surface area contributed by atoms with E-state index in [0.29, 0.717) is 15.6 Å². The maximum Gasteiger partial charge on any atom is 0.244 e. The van der Waals surface area contributed by atoms with Crippen LogP contribution in [0.15, 0.2) is 36.4 Å². The van der Waals surface area contributed by atoms with Crippen LogP contribution in [-0.4, -0.2) is 49.5 Å². The van der Waals surface area contributed by atoms with Crippen molar-refractivity contribution in [3.05, 3.63) is 62.1 Å². The third kappa shape index (κ3) is 8.43. The number of carbonyl (C=O) groups is 2. The Labute approximate surface area is 226 Å². The van der Waals surface area contributed by atoms with E-state index in [1.165, 1.54) is 23.1 Å². The van der Waals surface area contributed by atoms with Crippen LogP contribution in [0.3, 0.4) is 0 Å². The maximum atomic E-state index is 13.6. The second kappa shape index (κ2) is 11.6. The van der Waals surface area contributed by atoms with Crippen LogP contribution in [-0.2, 0) is 26.2 Å².